The third kappa shape index (κ3) is 4.80. The summed E-state index contributed by atoms with van der Waals surface area (Å²) in [5, 5.41) is 2.76. The van der Waals surface area contributed by atoms with Crippen LogP contribution in [0.1, 0.15) is 28.4 Å². The van der Waals surface area contributed by atoms with Gasteiger partial charge in [-0.15, -0.1) is 0 Å². The van der Waals surface area contributed by atoms with Crippen LogP contribution in [0, 0.1) is 12.7 Å². The number of esters is 1. The summed E-state index contributed by atoms with van der Waals surface area (Å²) in [6.45, 7) is 3.31. The molecule has 0 radical (unpaired) electrons. The van der Waals surface area contributed by atoms with Crippen molar-refractivity contribution in [2.24, 2.45) is 0 Å². The topological polar surface area (TPSA) is 55.4 Å². The Morgan fingerprint density at radius 2 is 2.00 bits per heavy atom. The van der Waals surface area contributed by atoms with Gasteiger partial charge in [-0.05, 0) is 38.1 Å². The van der Waals surface area contributed by atoms with Gasteiger partial charge in [-0.3, -0.25) is 4.79 Å². The van der Waals surface area contributed by atoms with E-state index in [1.807, 2.05) is 13.0 Å². The van der Waals surface area contributed by atoms with Gasteiger partial charge in [0.25, 0.3) is 5.91 Å². The molecule has 0 aliphatic carbocycles. The number of hydrogen-bond donors (Lipinski definition) is 1. The molecule has 0 bridgehead atoms. The van der Waals surface area contributed by atoms with Crippen molar-refractivity contribution in [2.45, 2.75) is 26.5 Å². The molecule has 4 nitrogen and oxygen atoms in total. The van der Waals surface area contributed by atoms with Crippen LogP contribution in [-0.2, 0) is 16.1 Å². The Morgan fingerprint density at radius 1 is 1.25 bits per heavy atom. The molecule has 0 unspecified atom stereocenters. The fourth-order valence-electron chi connectivity index (χ4n) is 2.04. The summed E-state index contributed by atoms with van der Waals surface area (Å²) in [6.07, 6.45) is 0. The fraction of sp³-hybridized carbons (Fsp3) is 0.222. The molecule has 0 aliphatic rings. The molecule has 2 rings (SSSR count). The zero-order valence-corrected chi connectivity index (χ0v) is 14.1. The molecule has 0 aromatic heterocycles. The minimum Gasteiger partial charge on any atom is -0.459 e. The van der Waals surface area contributed by atoms with E-state index < -0.39 is 17.8 Å². The molecule has 1 atom stereocenters. The maximum Gasteiger partial charge on any atom is 0.328 e. The molecule has 1 amide bonds. The Morgan fingerprint density at radius 3 is 2.67 bits per heavy atom. The second-order valence-corrected chi connectivity index (χ2v) is 5.82. The van der Waals surface area contributed by atoms with Crippen LogP contribution in [-0.4, -0.2) is 17.9 Å². The van der Waals surface area contributed by atoms with Crippen LogP contribution in [0.4, 0.5) is 4.39 Å². The summed E-state index contributed by atoms with van der Waals surface area (Å²) < 4.78 is 18.1. The second-order valence-electron chi connectivity index (χ2n) is 5.41. The average molecular weight is 350 g/mol. The summed E-state index contributed by atoms with van der Waals surface area (Å²) in [6, 6.07) is 10.0. The highest BCUT2D eigenvalue weighted by Gasteiger charge is 2.18. The van der Waals surface area contributed by atoms with E-state index >= 15 is 0 Å². The molecule has 0 spiro atoms. The number of nitrogens with one attached hydrogen (secondary N) is 1. The predicted molar refractivity (Wildman–Crippen MR) is 89.3 cm³/mol. The van der Waals surface area contributed by atoms with Gasteiger partial charge in [0.05, 0.1) is 5.02 Å². The van der Waals surface area contributed by atoms with Crippen LogP contribution >= 0.6 is 11.6 Å². The van der Waals surface area contributed by atoms with Crippen molar-refractivity contribution in [1.29, 1.82) is 0 Å². The molecule has 0 fully saturated rings. The third-order valence-electron chi connectivity index (χ3n) is 3.37. The molecule has 0 saturated heterocycles. The lowest BCUT2D eigenvalue weighted by molar-refractivity contribution is -0.146. The number of carbonyl (C=O) groups excluding carboxylic acids is 2. The first kappa shape index (κ1) is 17.9. The standard InChI is InChI=1S/C18H17ClFNO3/c1-11-4-3-5-13(8-11)17(22)21-12(2)18(23)24-10-14-6-7-15(20)9-16(14)19/h3-9,12H,10H2,1-2H3,(H,21,22)/t12-/m0/s1. The smallest absolute Gasteiger partial charge is 0.328 e. The van der Waals surface area contributed by atoms with Crippen molar-refractivity contribution in [2.75, 3.05) is 0 Å². The number of hydrogen-bond acceptors (Lipinski definition) is 3. The minimum atomic E-state index is -0.822. The van der Waals surface area contributed by atoms with E-state index in [1.165, 1.54) is 19.1 Å². The lowest BCUT2D eigenvalue weighted by Crippen LogP contribution is -2.39. The Kier molecular flexibility index (Phi) is 5.93. The first-order chi connectivity index (χ1) is 11.4. The maximum atomic E-state index is 13.0. The summed E-state index contributed by atoms with van der Waals surface area (Å²) >= 11 is 5.87. The van der Waals surface area contributed by atoms with Gasteiger partial charge < -0.3 is 10.1 Å². The van der Waals surface area contributed by atoms with Gasteiger partial charge >= 0.3 is 5.97 Å². The van der Waals surface area contributed by atoms with Crippen LogP contribution in [0.2, 0.25) is 5.02 Å². The van der Waals surface area contributed by atoms with E-state index in [0.717, 1.165) is 11.6 Å². The number of ether oxygens (including phenoxy) is 1. The molecule has 24 heavy (non-hydrogen) atoms. The van der Waals surface area contributed by atoms with Crippen molar-refractivity contribution < 1.29 is 18.7 Å². The Hall–Kier alpha value is -2.40. The van der Waals surface area contributed by atoms with Crippen molar-refractivity contribution in [1.82, 2.24) is 5.32 Å². The number of rotatable bonds is 5. The minimum absolute atomic E-state index is 0.0946. The molecule has 0 aliphatic heterocycles. The number of amides is 1. The van der Waals surface area contributed by atoms with E-state index in [4.69, 9.17) is 16.3 Å². The summed E-state index contributed by atoms with van der Waals surface area (Å²) in [5.74, 6) is -1.42. The maximum absolute atomic E-state index is 13.0. The van der Waals surface area contributed by atoms with E-state index in [1.54, 1.807) is 18.2 Å². The van der Waals surface area contributed by atoms with Gasteiger partial charge in [-0.1, -0.05) is 35.4 Å². The number of benzene rings is 2. The van der Waals surface area contributed by atoms with Crippen LogP contribution in [0.15, 0.2) is 42.5 Å². The highest BCUT2D eigenvalue weighted by molar-refractivity contribution is 6.31. The van der Waals surface area contributed by atoms with E-state index in [0.29, 0.717) is 11.1 Å². The molecule has 126 valence electrons. The highest BCUT2D eigenvalue weighted by Crippen LogP contribution is 2.18. The van der Waals surface area contributed by atoms with Crippen LogP contribution < -0.4 is 5.32 Å². The largest absolute Gasteiger partial charge is 0.459 e. The first-order valence-electron chi connectivity index (χ1n) is 7.35. The number of halogens is 2. The van der Waals surface area contributed by atoms with Gasteiger partial charge in [0.15, 0.2) is 0 Å². The molecule has 6 heteroatoms. The number of aryl methyl sites for hydroxylation is 1. The highest BCUT2D eigenvalue weighted by atomic mass is 35.5. The Labute approximate surface area is 144 Å². The second kappa shape index (κ2) is 7.93. The third-order valence-corrected chi connectivity index (χ3v) is 3.72. The van der Waals surface area contributed by atoms with Crippen molar-refractivity contribution in [3.05, 3.63) is 70.0 Å². The Bertz CT molecular complexity index is 764. The van der Waals surface area contributed by atoms with Gasteiger partial charge in [0.2, 0.25) is 0 Å². The van der Waals surface area contributed by atoms with Crippen molar-refractivity contribution in [3.63, 3.8) is 0 Å². The molecule has 0 saturated carbocycles. The first-order valence-corrected chi connectivity index (χ1v) is 7.72. The van der Waals surface area contributed by atoms with Crippen molar-refractivity contribution >= 4 is 23.5 Å². The lowest BCUT2D eigenvalue weighted by Gasteiger charge is -2.14. The van der Waals surface area contributed by atoms with Gasteiger partial charge in [-0.2, -0.15) is 0 Å². The monoisotopic (exact) mass is 349 g/mol. The lowest BCUT2D eigenvalue weighted by atomic mass is 10.1. The molecule has 0 heterocycles. The zero-order chi connectivity index (χ0) is 17.7. The average Bonchev–Trinajstić information content (AvgIpc) is 2.53. The van der Waals surface area contributed by atoms with E-state index in [-0.39, 0.29) is 17.5 Å². The van der Waals surface area contributed by atoms with Gasteiger partial charge in [0.1, 0.15) is 18.5 Å². The van der Waals surface area contributed by atoms with Crippen LogP contribution in [0.5, 0.6) is 0 Å². The van der Waals surface area contributed by atoms with Crippen LogP contribution in [0.3, 0.4) is 0 Å². The Balaban J connectivity index is 1.91. The summed E-state index contributed by atoms with van der Waals surface area (Å²) in [5.41, 5.74) is 1.91. The zero-order valence-electron chi connectivity index (χ0n) is 13.3. The molecular formula is C18H17ClFNO3. The number of carbonyl (C=O) groups is 2. The molecule has 2 aromatic carbocycles. The fourth-order valence-corrected chi connectivity index (χ4v) is 2.26. The normalized spacial score (nSPS) is 11.7. The molecule has 1 N–H and O–H groups in total. The SMILES string of the molecule is Cc1cccc(C(=O)N[C@@H](C)C(=O)OCc2ccc(F)cc2Cl)c1. The van der Waals surface area contributed by atoms with Crippen LogP contribution in [0.25, 0.3) is 0 Å². The molecule has 2 aromatic rings. The van der Waals surface area contributed by atoms with E-state index in [2.05, 4.69) is 5.32 Å². The van der Waals surface area contributed by atoms with Crippen molar-refractivity contribution in [3.8, 4) is 0 Å². The quantitative estimate of drug-likeness (QED) is 0.838. The van der Waals surface area contributed by atoms with Gasteiger partial charge in [0, 0.05) is 11.1 Å². The van der Waals surface area contributed by atoms with E-state index in [9.17, 15) is 14.0 Å². The molecular weight excluding hydrogens is 333 g/mol. The predicted octanol–water partition coefficient (Wildman–Crippen LogP) is 3.65. The summed E-state index contributed by atoms with van der Waals surface area (Å²) in [4.78, 5) is 24.1. The van der Waals surface area contributed by atoms with Gasteiger partial charge in [-0.25, -0.2) is 9.18 Å². The summed E-state index contributed by atoms with van der Waals surface area (Å²) in [7, 11) is 0.